The van der Waals surface area contributed by atoms with Gasteiger partial charge in [0.1, 0.15) is 6.10 Å². The molecular weight excluding hydrogens is 246 g/mol. The summed E-state index contributed by atoms with van der Waals surface area (Å²) in [5.41, 5.74) is 0. The van der Waals surface area contributed by atoms with E-state index < -0.39 is 0 Å². The molecule has 0 unspecified atom stereocenters. The first-order chi connectivity index (χ1) is 8.93. The zero-order valence-corrected chi connectivity index (χ0v) is 11.9. The average Bonchev–Trinajstić information content (AvgIpc) is 2.83. The molecule has 0 aliphatic rings. The maximum atomic E-state index is 11.3. The summed E-state index contributed by atoms with van der Waals surface area (Å²) in [5, 5.41) is 3.86. The van der Waals surface area contributed by atoms with E-state index in [-0.39, 0.29) is 18.6 Å². The molecule has 0 fully saturated rings. The van der Waals surface area contributed by atoms with E-state index in [1.165, 1.54) is 11.0 Å². The zero-order chi connectivity index (χ0) is 14.4. The number of carbonyl (C=O) groups is 1. The van der Waals surface area contributed by atoms with Crippen molar-refractivity contribution >= 4 is 5.91 Å². The first kappa shape index (κ1) is 15.4. The lowest BCUT2D eigenvalue weighted by molar-refractivity contribution is -0.125. The number of hydrogen-bond donors (Lipinski definition) is 0. The molecule has 1 aromatic heterocycles. The van der Waals surface area contributed by atoms with Gasteiger partial charge in [0.25, 0.3) is 0 Å². The van der Waals surface area contributed by atoms with E-state index in [2.05, 4.69) is 30.6 Å². The summed E-state index contributed by atoms with van der Waals surface area (Å²) in [5.74, 6) is 1.14. The number of nitrogens with zero attached hydrogens (tertiary/aromatic N) is 3. The van der Waals surface area contributed by atoms with Gasteiger partial charge in [-0.05, 0) is 18.9 Å². The minimum absolute atomic E-state index is 0.191. The molecule has 0 N–H and O–H groups in total. The van der Waals surface area contributed by atoms with Crippen molar-refractivity contribution in [2.75, 3.05) is 13.7 Å². The molecule has 1 rings (SSSR count). The SMILES string of the molecule is C=CC(=O)N(C)Cc1nc([C@@H](C)OCC(C)C)no1. The molecule has 0 bridgehead atoms. The standard InChI is InChI=1S/C13H21N3O3/c1-6-12(17)16(5)7-11-14-13(15-19-11)10(4)18-8-9(2)3/h6,9-10H,1,7-8H2,2-5H3/t10-/m1/s1. The van der Waals surface area contributed by atoms with Gasteiger partial charge in [0.05, 0.1) is 6.54 Å². The number of rotatable bonds is 7. The van der Waals surface area contributed by atoms with E-state index in [9.17, 15) is 4.79 Å². The summed E-state index contributed by atoms with van der Waals surface area (Å²) in [6.45, 7) is 10.3. The molecule has 1 aromatic rings. The van der Waals surface area contributed by atoms with Crippen molar-refractivity contribution in [3.8, 4) is 0 Å². The van der Waals surface area contributed by atoms with Gasteiger partial charge in [0.15, 0.2) is 5.82 Å². The van der Waals surface area contributed by atoms with Crippen LogP contribution in [0.5, 0.6) is 0 Å². The van der Waals surface area contributed by atoms with Crippen molar-refractivity contribution in [1.29, 1.82) is 0 Å². The molecule has 6 nitrogen and oxygen atoms in total. The van der Waals surface area contributed by atoms with Crippen molar-refractivity contribution in [3.63, 3.8) is 0 Å². The van der Waals surface area contributed by atoms with Crippen LogP contribution in [0.2, 0.25) is 0 Å². The van der Waals surface area contributed by atoms with Crippen LogP contribution in [0, 0.1) is 5.92 Å². The number of hydrogen-bond acceptors (Lipinski definition) is 5. The fourth-order valence-corrected chi connectivity index (χ4v) is 1.35. The van der Waals surface area contributed by atoms with Crippen LogP contribution in [0.1, 0.15) is 38.6 Å². The summed E-state index contributed by atoms with van der Waals surface area (Å²) < 4.78 is 10.7. The maximum absolute atomic E-state index is 11.3. The van der Waals surface area contributed by atoms with E-state index in [1.54, 1.807) is 7.05 Å². The number of aromatic nitrogens is 2. The Morgan fingerprint density at radius 2 is 2.21 bits per heavy atom. The van der Waals surface area contributed by atoms with Gasteiger partial charge in [-0.3, -0.25) is 4.79 Å². The van der Waals surface area contributed by atoms with E-state index in [0.29, 0.717) is 24.2 Å². The van der Waals surface area contributed by atoms with E-state index in [0.717, 1.165) is 0 Å². The third kappa shape index (κ3) is 4.82. The largest absolute Gasteiger partial charge is 0.370 e. The van der Waals surface area contributed by atoms with Crippen LogP contribution in [-0.2, 0) is 16.1 Å². The fraction of sp³-hybridized carbons (Fsp3) is 0.615. The predicted octanol–water partition coefficient (Wildman–Crippen LogP) is 1.95. The Morgan fingerprint density at radius 1 is 1.53 bits per heavy atom. The van der Waals surface area contributed by atoms with Gasteiger partial charge >= 0.3 is 0 Å². The molecule has 19 heavy (non-hydrogen) atoms. The van der Waals surface area contributed by atoms with Gasteiger partial charge in [0, 0.05) is 13.7 Å². The van der Waals surface area contributed by atoms with Crippen molar-refractivity contribution in [2.45, 2.75) is 33.4 Å². The second kappa shape index (κ2) is 7.04. The summed E-state index contributed by atoms with van der Waals surface area (Å²) in [6.07, 6.45) is 1.02. The van der Waals surface area contributed by atoms with Crippen molar-refractivity contribution in [1.82, 2.24) is 15.0 Å². The Kier molecular flexibility index (Phi) is 5.69. The number of ether oxygens (including phenoxy) is 1. The second-order valence-corrected chi connectivity index (χ2v) is 4.81. The lowest BCUT2D eigenvalue weighted by Crippen LogP contribution is -2.24. The molecular formula is C13H21N3O3. The van der Waals surface area contributed by atoms with Crippen LogP contribution in [-0.4, -0.2) is 34.6 Å². The molecule has 1 atom stereocenters. The predicted molar refractivity (Wildman–Crippen MR) is 70.2 cm³/mol. The number of likely N-dealkylation sites (N-methyl/N-ethyl adjacent to an activating group) is 1. The first-order valence-corrected chi connectivity index (χ1v) is 6.25. The Balaban J connectivity index is 2.56. The second-order valence-electron chi connectivity index (χ2n) is 4.81. The van der Waals surface area contributed by atoms with Crippen LogP contribution < -0.4 is 0 Å². The summed E-state index contributed by atoms with van der Waals surface area (Å²) in [7, 11) is 1.65. The summed E-state index contributed by atoms with van der Waals surface area (Å²) in [4.78, 5) is 17.0. The maximum Gasteiger partial charge on any atom is 0.246 e. The van der Waals surface area contributed by atoms with Crippen molar-refractivity contribution < 1.29 is 14.1 Å². The number of carbonyl (C=O) groups excluding carboxylic acids is 1. The smallest absolute Gasteiger partial charge is 0.246 e. The van der Waals surface area contributed by atoms with E-state index >= 15 is 0 Å². The number of amides is 1. The molecule has 0 aromatic carbocycles. The van der Waals surface area contributed by atoms with Gasteiger partial charge in [0.2, 0.25) is 11.8 Å². The Bertz CT molecular complexity index is 429. The average molecular weight is 267 g/mol. The molecule has 0 aliphatic heterocycles. The molecule has 0 aliphatic carbocycles. The van der Waals surface area contributed by atoms with Crippen LogP contribution in [0.25, 0.3) is 0 Å². The Labute approximate surface area is 113 Å². The van der Waals surface area contributed by atoms with Crippen LogP contribution >= 0.6 is 0 Å². The van der Waals surface area contributed by atoms with E-state index in [4.69, 9.17) is 9.26 Å². The summed E-state index contributed by atoms with van der Waals surface area (Å²) in [6, 6.07) is 0. The van der Waals surface area contributed by atoms with Crippen molar-refractivity contribution in [3.05, 3.63) is 24.4 Å². The minimum atomic E-state index is -0.222. The zero-order valence-electron chi connectivity index (χ0n) is 11.9. The van der Waals surface area contributed by atoms with Crippen LogP contribution in [0.15, 0.2) is 17.2 Å². The highest BCUT2D eigenvalue weighted by molar-refractivity contribution is 5.86. The molecule has 6 heteroatoms. The summed E-state index contributed by atoms with van der Waals surface area (Å²) >= 11 is 0. The highest BCUT2D eigenvalue weighted by Crippen LogP contribution is 2.14. The van der Waals surface area contributed by atoms with Crippen molar-refractivity contribution in [2.24, 2.45) is 5.92 Å². The molecule has 106 valence electrons. The topological polar surface area (TPSA) is 68.5 Å². The Hall–Kier alpha value is -1.69. The Morgan fingerprint density at radius 3 is 2.79 bits per heavy atom. The highest BCUT2D eigenvalue weighted by Gasteiger charge is 2.16. The molecule has 1 heterocycles. The fourth-order valence-electron chi connectivity index (χ4n) is 1.35. The van der Waals surface area contributed by atoms with Gasteiger partial charge in [-0.15, -0.1) is 0 Å². The van der Waals surface area contributed by atoms with Crippen LogP contribution in [0.3, 0.4) is 0 Å². The highest BCUT2D eigenvalue weighted by atomic mass is 16.5. The molecule has 0 saturated carbocycles. The third-order valence-corrected chi connectivity index (χ3v) is 2.45. The first-order valence-electron chi connectivity index (χ1n) is 6.25. The van der Waals surface area contributed by atoms with Gasteiger partial charge in [-0.2, -0.15) is 4.98 Å². The third-order valence-electron chi connectivity index (χ3n) is 2.45. The molecule has 0 spiro atoms. The quantitative estimate of drug-likeness (QED) is 0.706. The van der Waals surface area contributed by atoms with Gasteiger partial charge in [-0.25, -0.2) is 0 Å². The normalized spacial score (nSPS) is 12.5. The lowest BCUT2D eigenvalue weighted by atomic mass is 10.2. The molecule has 0 saturated heterocycles. The molecule has 1 amide bonds. The van der Waals surface area contributed by atoms with Gasteiger partial charge < -0.3 is 14.2 Å². The monoisotopic (exact) mass is 267 g/mol. The minimum Gasteiger partial charge on any atom is -0.370 e. The van der Waals surface area contributed by atoms with Gasteiger partial charge in [-0.1, -0.05) is 25.6 Å². The van der Waals surface area contributed by atoms with E-state index in [1.807, 2.05) is 6.92 Å². The molecule has 0 radical (unpaired) electrons. The van der Waals surface area contributed by atoms with Crippen LogP contribution in [0.4, 0.5) is 0 Å². The lowest BCUT2D eigenvalue weighted by Gasteiger charge is -2.11.